The van der Waals surface area contributed by atoms with E-state index < -0.39 is 84.6 Å². The van der Waals surface area contributed by atoms with Crippen LogP contribution >= 0.6 is 0 Å². The molecule has 0 aromatic heterocycles. The highest BCUT2D eigenvalue weighted by molar-refractivity contribution is 5.85. The molecule has 0 bridgehead atoms. The van der Waals surface area contributed by atoms with Crippen LogP contribution in [0.25, 0.3) is 0 Å². The number of hydrogen-bond donors (Lipinski definition) is 7. The fourth-order valence-corrected chi connectivity index (χ4v) is 11.3. The molecule has 7 N–H and O–H groups in total. The molecule has 4 saturated carbocycles. The van der Waals surface area contributed by atoms with Gasteiger partial charge in [0, 0.05) is 18.6 Å². The van der Waals surface area contributed by atoms with E-state index in [4.69, 9.17) is 33.3 Å². The number of aliphatic hydroxyl groups is 6. The maximum absolute atomic E-state index is 12.5. The van der Waals surface area contributed by atoms with Crippen LogP contribution in [0.5, 0.6) is 0 Å². The SMILES string of the molecule is CO[C@@H]1[C@@H](O)[C@@H](O[C@@H]2CC[C@]3(OO)[C@@H](CC[C@H]4[C@H]3CC[C@@]3(C)[C@H](C5=CC(=O)OC5)CC[C@@]43O)C2)O[C@H](C)[C@H]1O[C@@H]1O[C@H](CO)[C@@H](O)[C@H](O)[C@H]1O. The Kier molecular flexibility index (Phi) is 10.2. The van der Waals surface area contributed by atoms with Crippen molar-refractivity contribution in [3.8, 4) is 0 Å². The van der Waals surface area contributed by atoms with E-state index in [1.54, 1.807) is 13.0 Å². The third-order valence-corrected chi connectivity index (χ3v) is 14.0. The summed E-state index contributed by atoms with van der Waals surface area (Å²) in [6, 6.07) is 0. The van der Waals surface area contributed by atoms with Gasteiger partial charge in [0.05, 0.1) is 24.4 Å². The molecule has 0 amide bonds. The molecule has 15 nitrogen and oxygen atoms in total. The highest BCUT2D eigenvalue weighted by Crippen LogP contribution is 2.68. The van der Waals surface area contributed by atoms with Gasteiger partial charge in [0.25, 0.3) is 0 Å². The van der Waals surface area contributed by atoms with Crippen LogP contribution in [0.1, 0.15) is 71.6 Å². The lowest BCUT2D eigenvalue weighted by Crippen LogP contribution is -2.66. The second-order valence-corrected chi connectivity index (χ2v) is 16.1. The van der Waals surface area contributed by atoms with E-state index in [1.807, 2.05) is 0 Å². The number of methoxy groups -OCH3 is 1. The molecule has 3 aliphatic heterocycles. The molecule has 3 heterocycles. The Labute approximate surface area is 291 Å². The Hall–Kier alpha value is -1.31. The van der Waals surface area contributed by atoms with Crippen LogP contribution in [-0.4, -0.2) is 141 Å². The van der Waals surface area contributed by atoms with Gasteiger partial charge < -0.3 is 59.1 Å². The van der Waals surface area contributed by atoms with E-state index in [-0.39, 0.29) is 42.4 Å². The quantitative estimate of drug-likeness (QED) is 0.0770. The summed E-state index contributed by atoms with van der Waals surface area (Å²) in [6.07, 6.45) is -5.22. The van der Waals surface area contributed by atoms with Crippen LogP contribution in [0.3, 0.4) is 0 Å². The molecule has 15 heteroatoms. The Bertz CT molecular complexity index is 1280. The van der Waals surface area contributed by atoms with Crippen LogP contribution in [0.2, 0.25) is 0 Å². The molecule has 0 unspecified atom stereocenters. The smallest absolute Gasteiger partial charge is 0.331 e. The molecule has 0 radical (unpaired) electrons. The third-order valence-electron chi connectivity index (χ3n) is 14.0. The number of carbonyl (C=O) groups excluding carboxylic acids is 1. The van der Waals surface area contributed by atoms with Gasteiger partial charge in [0.1, 0.15) is 54.9 Å². The van der Waals surface area contributed by atoms with Crippen LogP contribution in [0, 0.1) is 29.1 Å². The number of cyclic esters (lactones) is 1. The van der Waals surface area contributed by atoms with Gasteiger partial charge in [0.2, 0.25) is 0 Å². The van der Waals surface area contributed by atoms with Crippen LogP contribution in [0.15, 0.2) is 11.6 Å². The van der Waals surface area contributed by atoms with Gasteiger partial charge in [-0.1, -0.05) is 6.92 Å². The summed E-state index contributed by atoms with van der Waals surface area (Å²) >= 11 is 0. The summed E-state index contributed by atoms with van der Waals surface area (Å²) in [7, 11) is 1.40. The summed E-state index contributed by atoms with van der Waals surface area (Å²) in [5, 5.41) is 74.9. The lowest BCUT2D eigenvalue weighted by Gasteiger charge is -2.63. The van der Waals surface area contributed by atoms with Gasteiger partial charge in [-0.3, -0.25) is 5.26 Å². The molecular formula is C35H54O15. The van der Waals surface area contributed by atoms with Crippen LogP contribution in [-0.2, 0) is 38.1 Å². The normalized spacial score (nSPS) is 53.6. The van der Waals surface area contributed by atoms with Crippen molar-refractivity contribution in [2.75, 3.05) is 20.3 Å². The van der Waals surface area contributed by atoms with Gasteiger partial charge >= 0.3 is 5.97 Å². The van der Waals surface area contributed by atoms with Crippen LogP contribution < -0.4 is 0 Å². The van der Waals surface area contributed by atoms with Gasteiger partial charge in [-0.05, 0) is 94.0 Å². The summed E-state index contributed by atoms with van der Waals surface area (Å²) in [6.45, 7) is 3.51. The topological polar surface area (TPSA) is 223 Å². The first-order valence-corrected chi connectivity index (χ1v) is 18.2. The minimum Gasteiger partial charge on any atom is -0.458 e. The van der Waals surface area contributed by atoms with Crippen molar-refractivity contribution in [1.82, 2.24) is 0 Å². The molecule has 2 saturated heterocycles. The lowest BCUT2D eigenvalue weighted by atomic mass is 9.46. The van der Waals surface area contributed by atoms with Crippen molar-refractivity contribution in [3.05, 3.63) is 11.6 Å². The van der Waals surface area contributed by atoms with Gasteiger partial charge in [-0.15, -0.1) is 0 Å². The average molecular weight is 715 g/mol. The molecular weight excluding hydrogens is 660 g/mol. The van der Waals surface area contributed by atoms with Gasteiger partial charge in [0.15, 0.2) is 12.6 Å². The highest BCUT2D eigenvalue weighted by atomic mass is 17.1. The van der Waals surface area contributed by atoms with Crippen molar-refractivity contribution < 1.29 is 74.0 Å². The van der Waals surface area contributed by atoms with Gasteiger partial charge in [-0.25, -0.2) is 9.68 Å². The van der Waals surface area contributed by atoms with E-state index in [9.17, 15) is 40.7 Å². The van der Waals surface area contributed by atoms with Crippen molar-refractivity contribution in [2.45, 2.75) is 150 Å². The number of hydrogen-bond acceptors (Lipinski definition) is 15. The third kappa shape index (κ3) is 5.71. The molecule has 18 atom stereocenters. The molecule has 4 aliphatic carbocycles. The minimum atomic E-state index is -1.63. The Morgan fingerprint density at radius 1 is 0.880 bits per heavy atom. The zero-order valence-corrected chi connectivity index (χ0v) is 28.9. The zero-order chi connectivity index (χ0) is 35.7. The number of fused-ring (bicyclic) bond motifs is 5. The number of ether oxygens (including phenoxy) is 6. The number of esters is 1. The first-order chi connectivity index (χ1) is 23.8. The predicted molar refractivity (Wildman–Crippen MR) is 169 cm³/mol. The van der Waals surface area contributed by atoms with E-state index in [0.29, 0.717) is 25.7 Å². The van der Waals surface area contributed by atoms with Gasteiger partial charge in [-0.2, -0.15) is 0 Å². The maximum Gasteiger partial charge on any atom is 0.331 e. The first-order valence-electron chi connectivity index (χ1n) is 18.2. The Morgan fingerprint density at radius 3 is 2.32 bits per heavy atom. The Balaban J connectivity index is 1.01. The van der Waals surface area contributed by atoms with Crippen molar-refractivity contribution in [3.63, 3.8) is 0 Å². The standard InChI is InChI=1S/C35H54O15/c1-16-29(49-31-27(40)26(39)25(38)23(14-36)48-31)30(44-3)28(41)32(46-16)47-19-6-10-34(50-43)18(13-19)4-5-22-21(34)7-9-33(2)20(8-11-35(22,33)42)17-12-24(37)45-15-17/h12,16,18-23,25-32,36,38-43H,4-11,13-15H2,1-3H3/t16-,18+,19-,20+,21-,22+,23-,25-,26+,27-,28-,29-,30-,31+,32-,33+,34+,35-/m1/s1. The van der Waals surface area contributed by atoms with Crippen molar-refractivity contribution in [1.29, 1.82) is 0 Å². The van der Waals surface area contributed by atoms with E-state index >= 15 is 0 Å². The Morgan fingerprint density at radius 2 is 1.64 bits per heavy atom. The number of carbonyl (C=O) groups is 1. The second kappa shape index (κ2) is 13.8. The van der Waals surface area contributed by atoms with E-state index in [2.05, 4.69) is 6.92 Å². The summed E-state index contributed by atoms with van der Waals surface area (Å²) < 4.78 is 34.8. The fourth-order valence-electron chi connectivity index (χ4n) is 11.3. The minimum absolute atomic E-state index is 0.0557. The largest absolute Gasteiger partial charge is 0.458 e. The molecule has 0 aromatic carbocycles. The molecule has 6 fully saturated rings. The summed E-state index contributed by atoms with van der Waals surface area (Å²) in [5.41, 5.74) is -1.25. The lowest BCUT2D eigenvalue weighted by molar-refractivity contribution is -0.391. The fraction of sp³-hybridized carbons (Fsp3) is 0.914. The average Bonchev–Trinajstić information content (AvgIpc) is 3.65. The summed E-state index contributed by atoms with van der Waals surface area (Å²) in [4.78, 5) is 17.4. The molecule has 0 aromatic rings. The highest BCUT2D eigenvalue weighted by Gasteiger charge is 2.69. The maximum atomic E-state index is 12.5. The van der Waals surface area contributed by atoms with Crippen LogP contribution in [0.4, 0.5) is 0 Å². The predicted octanol–water partition coefficient (Wildman–Crippen LogP) is 0.157. The molecule has 0 spiro atoms. The zero-order valence-electron chi connectivity index (χ0n) is 28.9. The van der Waals surface area contributed by atoms with Crippen molar-refractivity contribution >= 4 is 5.97 Å². The van der Waals surface area contributed by atoms with E-state index in [0.717, 1.165) is 37.7 Å². The van der Waals surface area contributed by atoms with Crippen molar-refractivity contribution in [2.24, 2.45) is 29.1 Å². The molecule has 7 aliphatic rings. The number of aliphatic hydroxyl groups excluding tert-OH is 5. The summed E-state index contributed by atoms with van der Waals surface area (Å²) in [5.74, 6) is -0.443. The molecule has 284 valence electrons. The second-order valence-electron chi connectivity index (χ2n) is 16.1. The van der Waals surface area contributed by atoms with E-state index in [1.165, 1.54) is 7.11 Å². The monoisotopic (exact) mass is 714 g/mol. The molecule has 7 rings (SSSR count). The number of rotatable bonds is 8. The first kappa shape index (κ1) is 37.0. The molecule has 50 heavy (non-hydrogen) atoms.